The Morgan fingerprint density at radius 2 is 0.800 bits per heavy atom. The molecular weight excluding hydrogens is 607 g/mol. The van der Waals surface area contributed by atoms with E-state index in [1.807, 2.05) is 12.1 Å². The molecule has 10 rings (SSSR count). The van der Waals surface area contributed by atoms with Gasteiger partial charge in [0.2, 0.25) is 0 Å². The number of fused-ring (bicyclic) bond motifs is 9. The summed E-state index contributed by atoms with van der Waals surface area (Å²) in [6, 6.07) is 67.4. The first kappa shape index (κ1) is 28.4. The van der Waals surface area contributed by atoms with Crippen LogP contribution < -0.4 is 4.90 Å². The lowest BCUT2D eigenvalue weighted by atomic mass is 9.90. The Morgan fingerprint density at radius 1 is 0.300 bits per heavy atom. The van der Waals surface area contributed by atoms with Gasteiger partial charge in [-0.05, 0) is 104 Å². The first-order valence-corrected chi connectivity index (χ1v) is 17.1. The first-order chi connectivity index (χ1) is 24.8. The van der Waals surface area contributed by atoms with Crippen molar-refractivity contribution in [2.24, 2.45) is 0 Å². The number of rotatable bonds is 5. The van der Waals surface area contributed by atoms with Crippen LogP contribution in [-0.4, -0.2) is 0 Å². The maximum absolute atomic E-state index is 6.43. The number of nitrogens with zero attached hydrogens (tertiary/aromatic N) is 1. The molecule has 0 spiro atoms. The molecule has 2 nitrogen and oxygen atoms in total. The van der Waals surface area contributed by atoms with Crippen LogP contribution in [0.2, 0.25) is 0 Å². The highest BCUT2D eigenvalue weighted by atomic mass is 16.3. The molecule has 0 aliphatic rings. The SMILES string of the molecule is c1ccc(N(c2ccccc2)c2cccc(-c3ccc4c5ccc(-c6cccc7c6oc6ccccc67)cc5c5ccccc5c4c3)c2)cc1. The summed E-state index contributed by atoms with van der Waals surface area (Å²) in [6.07, 6.45) is 0. The lowest BCUT2D eigenvalue weighted by Gasteiger charge is -2.26. The largest absolute Gasteiger partial charge is 0.455 e. The third kappa shape index (κ3) is 4.57. The monoisotopic (exact) mass is 637 g/mol. The Bertz CT molecular complexity index is 2810. The maximum atomic E-state index is 6.43. The summed E-state index contributed by atoms with van der Waals surface area (Å²) < 4.78 is 6.43. The number of anilines is 3. The number of benzene rings is 9. The van der Waals surface area contributed by atoms with Crippen molar-refractivity contribution in [3.8, 4) is 22.3 Å². The smallest absolute Gasteiger partial charge is 0.143 e. The third-order valence-electron chi connectivity index (χ3n) is 10.0. The minimum Gasteiger partial charge on any atom is -0.455 e. The fourth-order valence-electron chi connectivity index (χ4n) is 7.70. The van der Waals surface area contributed by atoms with Crippen LogP contribution in [0.4, 0.5) is 17.1 Å². The van der Waals surface area contributed by atoms with Gasteiger partial charge in [0.15, 0.2) is 0 Å². The van der Waals surface area contributed by atoms with Crippen molar-refractivity contribution >= 4 is 71.3 Å². The standard InChI is InChI=1S/C48H31NO/c1-3-14-35(15-4-1)49(36-16-5-2-6-17-36)37-18-11-13-32(29-37)33-25-27-41-42-28-26-34(31-46(42)40-20-8-7-19-39(40)45(41)30-33)38-22-12-23-44-43-21-9-10-24-47(43)50-48(38)44/h1-31H. The summed E-state index contributed by atoms with van der Waals surface area (Å²) in [7, 11) is 0. The Hall–Kier alpha value is -6.64. The minimum absolute atomic E-state index is 0.918. The van der Waals surface area contributed by atoms with Gasteiger partial charge in [-0.25, -0.2) is 0 Å². The Balaban J connectivity index is 1.13. The van der Waals surface area contributed by atoms with E-state index in [0.717, 1.165) is 50.1 Å². The molecular formula is C48H31NO. The van der Waals surface area contributed by atoms with Crippen molar-refractivity contribution in [3.05, 3.63) is 188 Å². The van der Waals surface area contributed by atoms with Crippen LogP contribution in [0, 0.1) is 0 Å². The molecule has 2 heteroatoms. The van der Waals surface area contributed by atoms with Gasteiger partial charge >= 0.3 is 0 Å². The molecule has 0 aliphatic carbocycles. The van der Waals surface area contributed by atoms with E-state index in [0.29, 0.717) is 0 Å². The van der Waals surface area contributed by atoms with Crippen molar-refractivity contribution < 1.29 is 4.42 Å². The molecule has 9 aromatic carbocycles. The van der Waals surface area contributed by atoms with Crippen molar-refractivity contribution in [1.82, 2.24) is 0 Å². The fraction of sp³-hybridized carbons (Fsp3) is 0. The van der Waals surface area contributed by atoms with Gasteiger partial charge in [0, 0.05) is 33.4 Å². The van der Waals surface area contributed by atoms with E-state index in [1.165, 1.54) is 43.4 Å². The summed E-state index contributed by atoms with van der Waals surface area (Å²) in [6.45, 7) is 0. The summed E-state index contributed by atoms with van der Waals surface area (Å²) in [5, 5.41) is 9.80. The van der Waals surface area contributed by atoms with Gasteiger partial charge in [-0.3, -0.25) is 0 Å². The van der Waals surface area contributed by atoms with E-state index in [9.17, 15) is 0 Å². The molecule has 0 atom stereocenters. The molecule has 0 saturated heterocycles. The topological polar surface area (TPSA) is 16.4 Å². The second-order valence-corrected chi connectivity index (χ2v) is 12.9. The molecule has 1 aromatic heterocycles. The zero-order valence-electron chi connectivity index (χ0n) is 27.3. The van der Waals surface area contributed by atoms with Gasteiger partial charge in [0.05, 0.1) is 0 Å². The molecule has 0 N–H and O–H groups in total. The second kappa shape index (κ2) is 11.5. The number of para-hydroxylation sites is 4. The maximum Gasteiger partial charge on any atom is 0.143 e. The lowest BCUT2D eigenvalue weighted by molar-refractivity contribution is 0.670. The lowest BCUT2D eigenvalue weighted by Crippen LogP contribution is -2.09. The Morgan fingerprint density at radius 3 is 1.50 bits per heavy atom. The molecule has 0 bridgehead atoms. The molecule has 0 unspecified atom stereocenters. The summed E-state index contributed by atoms with van der Waals surface area (Å²) in [4.78, 5) is 2.32. The number of furan rings is 1. The highest BCUT2D eigenvalue weighted by Gasteiger charge is 2.16. The average molecular weight is 638 g/mol. The molecule has 50 heavy (non-hydrogen) atoms. The normalized spacial score (nSPS) is 11.6. The highest BCUT2D eigenvalue weighted by Crippen LogP contribution is 2.42. The highest BCUT2D eigenvalue weighted by molar-refractivity contribution is 6.26. The van der Waals surface area contributed by atoms with Crippen molar-refractivity contribution in [3.63, 3.8) is 0 Å². The predicted octanol–water partition coefficient (Wildman–Crippen LogP) is 13.8. The van der Waals surface area contributed by atoms with Crippen LogP contribution in [-0.2, 0) is 0 Å². The predicted molar refractivity (Wildman–Crippen MR) is 212 cm³/mol. The van der Waals surface area contributed by atoms with Gasteiger partial charge in [-0.1, -0.05) is 133 Å². The Kier molecular flexibility index (Phi) is 6.53. The van der Waals surface area contributed by atoms with Gasteiger partial charge in [0.25, 0.3) is 0 Å². The van der Waals surface area contributed by atoms with Crippen LogP contribution in [0.25, 0.3) is 76.5 Å². The fourth-order valence-corrected chi connectivity index (χ4v) is 7.70. The van der Waals surface area contributed by atoms with Crippen LogP contribution in [0.15, 0.2) is 192 Å². The van der Waals surface area contributed by atoms with Gasteiger partial charge in [0.1, 0.15) is 11.2 Å². The first-order valence-electron chi connectivity index (χ1n) is 17.1. The van der Waals surface area contributed by atoms with E-state index in [4.69, 9.17) is 4.42 Å². The van der Waals surface area contributed by atoms with E-state index < -0.39 is 0 Å². The van der Waals surface area contributed by atoms with Crippen molar-refractivity contribution in [2.45, 2.75) is 0 Å². The molecule has 0 fully saturated rings. The van der Waals surface area contributed by atoms with Gasteiger partial charge < -0.3 is 9.32 Å². The molecule has 10 aromatic rings. The quantitative estimate of drug-likeness (QED) is 0.175. The van der Waals surface area contributed by atoms with E-state index >= 15 is 0 Å². The zero-order valence-corrected chi connectivity index (χ0v) is 27.3. The van der Waals surface area contributed by atoms with Gasteiger partial charge in [-0.15, -0.1) is 0 Å². The van der Waals surface area contributed by atoms with Crippen molar-refractivity contribution in [1.29, 1.82) is 0 Å². The third-order valence-corrected chi connectivity index (χ3v) is 10.0. The van der Waals surface area contributed by atoms with Crippen LogP contribution in [0.5, 0.6) is 0 Å². The average Bonchev–Trinajstić information content (AvgIpc) is 3.58. The molecule has 0 saturated carbocycles. The Labute approximate surface area is 290 Å². The van der Waals surface area contributed by atoms with Crippen molar-refractivity contribution in [2.75, 3.05) is 4.90 Å². The van der Waals surface area contributed by atoms with Crippen LogP contribution in [0.1, 0.15) is 0 Å². The van der Waals surface area contributed by atoms with Gasteiger partial charge in [-0.2, -0.15) is 0 Å². The number of hydrogen-bond acceptors (Lipinski definition) is 2. The van der Waals surface area contributed by atoms with E-state index in [2.05, 4.69) is 181 Å². The molecule has 0 amide bonds. The van der Waals surface area contributed by atoms with E-state index in [1.54, 1.807) is 0 Å². The summed E-state index contributed by atoms with van der Waals surface area (Å²) in [5.74, 6) is 0. The summed E-state index contributed by atoms with van der Waals surface area (Å²) >= 11 is 0. The molecule has 234 valence electrons. The van der Waals surface area contributed by atoms with Crippen LogP contribution >= 0.6 is 0 Å². The van der Waals surface area contributed by atoms with E-state index in [-0.39, 0.29) is 0 Å². The molecule has 1 heterocycles. The summed E-state index contributed by atoms with van der Waals surface area (Å²) in [5.41, 5.74) is 9.87. The molecule has 0 aliphatic heterocycles. The number of hydrogen-bond donors (Lipinski definition) is 0. The molecule has 0 radical (unpaired) electrons. The minimum atomic E-state index is 0.918. The van der Waals surface area contributed by atoms with Crippen LogP contribution in [0.3, 0.4) is 0 Å². The second-order valence-electron chi connectivity index (χ2n) is 12.9. The zero-order chi connectivity index (χ0) is 33.0.